The number of nitrogens with one attached hydrogen (secondary N) is 4. The molecule has 4 amide bonds. The molecule has 4 aromatic rings. The quantitative estimate of drug-likeness (QED) is 0.0788. The Balaban J connectivity index is 1.21. The monoisotopic (exact) mass is 1140 g/mol. The highest BCUT2D eigenvalue weighted by Crippen LogP contribution is 2.17. The van der Waals surface area contributed by atoms with Gasteiger partial charge in [-0.2, -0.15) is 0 Å². The highest BCUT2D eigenvalue weighted by atomic mass is 79.9. The van der Waals surface area contributed by atoms with Crippen molar-refractivity contribution in [2.45, 2.75) is 0 Å². The molecule has 0 saturated carbocycles. The normalized spacial score (nSPS) is 14.6. The summed E-state index contributed by atoms with van der Waals surface area (Å²) in [5.74, 6) is 0. The van der Waals surface area contributed by atoms with Gasteiger partial charge in [0, 0.05) is 119 Å². The lowest BCUT2D eigenvalue weighted by molar-refractivity contribution is 0.0849. The lowest BCUT2D eigenvalue weighted by atomic mass is 10.3. The van der Waals surface area contributed by atoms with Crippen LogP contribution < -0.4 is 21.3 Å². The minimum absolute atomic E-state index is 0.157. The SMILES string of the molecule is O=C(Nc1ccc(Br)cc1)OCCN1CCN(CCOC(=O)Nc2ccc(Br)cc2)CCN(CCOC(=O)Nc2ccc(Br)cc2)CCN(CCOC(=O)Nc2ccc(Br)cc2)CC1. The van der Waals surface area contributed by atoms with Gasteiger partial charge in [-0.15, -0.1) is 0 Å². The minimum Gasteiger partial charge on any atom is -0.448 e. The highest BCUT2D eigenvalue weighted by Gasteiger charge is 2.19. The second-order valence-electron chi connectivity index (χ2n) is 14.4. The van der Waals surface area contributed by atoms with Crippen LogP contribution >= 0.6 is 63.7 Å². The molecule has 20 heteroatoms. The maximum absolute atomic E-state index is 12.7. The van der Waals surface area contributed by atoms with Gasteiger partial charge in [-0.25, -0.2) is 19.2 Å². The maximum atomic E-state index is 12.7. The van der Waals surface area contributed by atoms with E-state index in [-0.39, 0.29) is 26.4 Å². The Morgan fingerprint density at radius 1 is 0.344 bits per heavy atom. The number of anilines is 4. The van der Waals surface area contributed by atoms with Gasteiger partial charge in [-0.3, -0.25) is 40.9 Å². The van der Waals surface area contributed by atoms with Crippen LogP contribution in [0.25, 0.3) is 0 Å². The Labute approximate surface area is 407 Å². The van der Waals surface area contributed by atoms with Crippen LogP contribution in [-0.2, 0) is 18.9 Å². The van der Waals surface area contributed by atoms with Crippen molar-refractivity contribution in [1.29, 1.82) is 0 Å². The van der Waals surface area contributed by atoms with Crippen molar-refractivity contribution in [2.24, 2.45) is 0 Å². The van der Waals surface area contributed by atoms with Gasteiger partial charge in [0.1, 0.15) is 26.4 Å². The fourth-order valence-corrected chi connectivity index (χ4v) is 7.35. The molecule has 1 saturated heterocycles. The van der Waals surface area contributed by atoms with Crippen molar-refractivity contribution in [3.8, 4) is 0 Å². The number of ether oxygens (including phenoxy) is 4. The highest BCUT2D eigenvalue weighted by molar-refractivity contribution is 9.11. The molecule has 5 rings (SSSR count). The van der Waals surface area contributed by atoms with E-state index in [0.29, 0.717) is 101 Å². The molecule has 0 radical (unpaired) electrons. The molecule has 344 valence electrons. The fourth-order valence-electron chi connectivity index (χ4n) is 6.29. The van der Waals surface area contributed by atoms with Crippen LogP contribution in [0.5, 0.6) is 0 Å². The average Bonchev–Trinajstić information content (AvgIpc) is 3.27. The first-order valence-corrected chi connectivity index (χ1v) is 23.8. The third-order valence-electron chi connectivity index (χ3n) is 9.85. The van der Waals surface area contributed by atoms with E-state index in [9.17, 15) is 19.2 Å². The molecule has 0 unspecified atom stereocenters. The van der Waals surface area contributed by atoms with Gasteiger partial charge in [0.15, 0.2) is 0 Å². The van der Waals surface area contributed by atoms with Crippen LogP contribution in [0.2, 0.25) is 0 Å². The summed E-state index contributed by atoms with van der Waals surface area (Å²) in [7, 11) is 0. The zero-order valence-corrected chi connectivity index (χ0v) is 41.5. The van der Waals surface area contributed by atoms with Gasteiger partial charge in [0.05, 0.1) is 0 Å². The molecular formula is C44H52Br4N8O8. The van der Waals surface area contributed by atoms with E-state index in [1.54, 1.807) is 48.5 Å². The fraction of sp³-hybridized carbons (Fsp3) is 0.364. The summed E-state index contributed by atoms with van der Waals surface area (Å²) < 4.78 is 26.0. The second-order valence-corrected chi connectivity index (χ2v) is 18.1. The Morgan fingerprint density at radius 2 is 0.516 bits per heavy atom. The van der Waals surface area contributed by atoms with Gasteiger partial charge in [-0.1, -0.05) is 63.7 Å². The number of hydrogen-bond donors (Lipinski definition) is 4. The zero-order chi connectivity index (χ0) is 45.5. The molecule has 4 N–H and O–H groups in total. The van der Waals surface area contributed by atoms with Gasteiger partial charge in [0.2, 0.25) is 0 Å². The van der Waals surface area contributed by atoms with E-state index in [2.05, 4.69) is 105 Å². The second kappa shape index (κ2) is 27.9. The minimum atomic E-state index is -0.549. The molecule has 16 nitrogen and oxygen atoms in total. The molecule has 1 aliphatic rings. The van der Waals surface area contributed by atoms with E-state index in [1.165, 1.54) is 0 Å². The van der Waals surface area contributed by atoms with E-state index in [0.717, 1.165) is 17.9 Å². The summed E-state index contributed by atoms with van der Waals surface area (Å²) in [6, 6.07) is 28.9. The lowest BCUT2D eigenvalue weighted by Gasteiger charge is -2.34. The average molecular weight is 1140 g/mol. The summed E-state index contributed by atoms with van der Waals surface area (Å²) >= 11 is 13.6. The molecule has 0 atom stereocenters. The Hall–Kier alpha value is -4.28. The van der Waals surface area contributed by atoms with Crippen LogP contribution in [-0.4, -0.2) is 149 Å². The van der Waals surface area contributed by atoms with E-state index in [4.69, 9.17) is 18.9 Å². The topological polar surface area (TPSA) is 166 Å². The van der Waals surface area contributed by atoms with Crippen molar-refractivity contribution in [1.82, 2.24) is 19.6 Å². The summed E-state index contributed by atoms with van der Waals surface area (Å²) in [6.07, 6.45) is -2.20. The number of halogens is 4. The van der Waals surface area contributed by atoms with Gasteiger partial charge < -0.3 is 18.9 Å². The van der Waals surface area contributed by atoms with Crippen molar-refractivity contribution in [3.05, 3.63) is 115 Å². The Kier molecular flexibility index (Phi) is 22.1. The Morgan fingerprint density at radius 3 is 0.688 bits per heavy atom. The number of rotatable bonds is 16. The van der Waals surface area contributed by atoms with Crippen LogP contribution in [0.15, 0.2) is 115 Å². The molecular weight excluding hydrogens is 1090 g/mol. The van der Waals surface area contributed by atoms with Crippen LogP contribution in [0.4, 0.5) is 41.9 Å². The lowest BCUT2D eigenvalue weighted by Crippen LogP contribution is -2.48. The summed E-state index contributed by atoms with van der Waals surface area (Å²) in [5.41, 5.74) is 2.48. The number of hydrogen-bond acceptors (Lipinski definition) is 12. The van der Waals surface area contributed by atoms with Crippen LogP contribution in [0, 0.1) is 0 Å². The largest absolute Gasteiger partial charge is 0.448 e. The predicted octanol–water partition coefficient (Wildman–Crippen LogP) is 9.25. The van der Waals surface area contributed by atoms with E-state index in [1.807, 2.05) is 48.5 Å². The zero-order valence-electron chi connectivity index (χ0n) is 35.1. The number of nitrogens with zero attached hydrogens (tertiary/aromatic N) is 4. The third kappa shape index (κ3) is 20.3. The molecule has 1 fully saturated rings. The third-order valence-corrected chi connectivity index (χ3v) is 12.0. The molecule has 1 aliphatic heterocycles. The first-order valence-electron chi connectivity index (χ1n) is 20.6. The summed E-state index contributed by atoms with van der Waals surface area (Å²) in [5, 5.41) is 11.0. The number of amides is 4. The van der Waals surface area contributed by atoms with E-state index >= 15 is 0 Å². The van der Waals surface area contributed by atoms with Crippen molar-refractivity contribution in [3.63, 3.8) is 0 Å². The van der Waals surface area contributed by atoms with Crippen molar-refractivity contribution >= 4 is 111 Å². The van der Waals surface area contributed by atoms with Gasteiger partial charge >= 0.3 is 24.4 Å². The van der Waals surface area contributed by atoms with Crippen LogP contribution in [0.1, 0.15) is 0 Å². The first kappa shape index (κ1) is 50.7. The molecule has 1 heterocycles. The smallest absolute Gasteiger partial charge is 0.411 e. The molecule has 64 heavy (non-hydrogen) atoms. The number of benzene rings is 4. The predicted molar refractivity (Wildman–Crippen MR) is 262 cm³/mol. The summed E-state index contributed by atoms with van der Waals surface area (Å²) in [4.78, 5) is 59.6. The molecule has 0 aliphatic carbocycles. The Bertz CT molecular complexity index is 1750. The molecule has 0 aromatic heterocycles. The molecule has 0 spiro atoms. The molecule has 4 aromatic carbocycles. The van der Waals surface area contributed by atoms with Gasteiger partial charge in [-0.05, 0) is 97.1 Å². The van der Waals surface area contributed by atoms with Crippen LogP contribution in [0.3, 0.4) is 0 Å². The van der Waals surface area contributed by atoms with E-state index < -0.39 is 24.4 Å². The number of carbonyl (C=O) groups is 4. The standard InChI is InChI=1S/C44H52Br4N8O8/c45-33-1-9-37(10-2-33)49-41(57)61-29-25-53-17-19-54(26-30-62-42(58)50-38-11-3-34(46)4-12-38)21-23-56(28-32-64-44(60)52-40-15-7-36(48)8-16-40)24-22-55(20-18-53)27-31-63-43(59)51-39-13-5-35(47)6-14-39/h1-16H,17-32H2,(H,49,57)(H,50,58)(H,51,59)(H,52,60). The molecule has 0 bridgehead atoms. The van der Waals surface area contributed by atoms with Crippen molar-refractivity contribution < 1.29 is 38.1 Å². The number of carbonyl (C=O) groups excluding carboxylic acids is 4. The van der Waals surface area contributed by atoms with Crippen molar-refractivity contribution in [2.75, 3.05) is 126 Å². The first-order chi connectivity index (χ1) is 30.9. The maximum Gasteiger partial charge on any atom is 0.411 e. The van der Waals surface area contributed by atoms with Gasteiger partial charge in [0.25, 0.3) is 0 Å². The summed E-state index contributed by atoms with van der Waals surface area (Å²) in [6.45, 7) is 7.53.